The number of fused-ring (bicyclic) bond motifs is 5. The number of methoxy groups -OCH3 is 4. The van der Waals surface area contributed by atoms with Crippen LogP contribution in [0, 0.1) is 0 Å². The van der Waals surface area contributed by atoms with Gasteiger partial charge in [-0.05, 0) is 53.8 Å². The molecule has 20 nitrogen and oxygen atoms in total. The average Bonchev–Trinajstić information content (AvgIpc) is 3.83. The Hall–Kier alpha value is -5.51. The lowest BCUT2D eigenvalue weighted by molar-refractivity contribution is -0.0976. The molecule has 4 bridgehead atoms. The Morgan fingerprint density at radius 2 is 1.35 bits per heavy atom. The second kappa shape index (κ2) is 19.5. The third-order valence-electron chi connectivity index (χ3n) is 11.7. The van der Waals surface area contributed by atoms with Crippen molar-refractivity contribution in [2.75, 3.05) is 48.3 Å². The summed E-state index contributed by atoms with van der Waals surface area (Å²) in [6, 6.07) is 25.2. The molecule has 2 aromatic heterocycles. The highest BCUT2D eigenvalue weighted by molar-refractivity contribution is 7.48. The van der Waals surface area contributed by atoms with Crippen molar-refractivity contribution in [3.05, 3.63) is 161 Å². The first kappa shape index (κ1) is 46.0. The van der Waals surface area contributed by atoms with E-state index in [0.717, 1.165) is 15.2 Å². The van der Waals surface area contributed by atoms with Crippen LogP contribution in [0.3, 0.4) is 0 Å². The molecule has 0 spiro atoms. The summed E-state index contributed by atoms with van der Waals surface area (Å²) in [5, 5.41) is 11.3. The Bertz CT molecular complexity index is 2660. The van der Waals surface area contributed by atoms with Gasteiger partial charge in [-0.3, -0.25) is 42.3 Å². The van der Waals surface area contributed by atoms with Crippen molar-refractivity contribution in [3.8, 4) is 11.5 Å². The van der Waals surface area contributed by atoms with Gasteiger partial charge in [0, 0.05) is 38.2 Å². The molecule has 3 aliphatic rings. The highest BCUT2D eigenvalue weighted by Crippen LogP contribution is 2.55. The molecule has 5 heterocycles. The number of phosphoric ester groups is 1. The van der Waals surface area contributed by atoms with Crippen molar-refractivity contribution in [1.29, 1.82) is 0 Å². The number of aromatic nitrogens is 4. The van der Waals surface area contributed by atoms with Crippen molar-refractivity contribution in [1.82, 2.24) is 19.1 Å². The molecule has 0 amide bonds. The number of aliphatic hydroxyl groups is 1. The number of hydrogen-bond acceptors (Lipinski definition) is 16. The summed E-state index contributed by atoms with van der Waals surface area (Å²) in [5.74, 6) is 1.20. The monoisotopic (exact) mass is 920 g/mol. The minimum Gasteiger partial charge on any atom is -0.497 e. The van der Waals surface area contributed by atoms with E-state index in [-0.39, 0.29) is 31.6 Å². The molecule has 3 N–H and O–H groups in total. The van der Waals surface area contributed by atoms with Gasteiger partial charge in [0.1, 0.15) is 53.7 Å². The zero-order valence-corrected chi connectivity index (χ0v) is 36.7. The predicted molar refractivity (Wildman–Crippen MR) is 229 cm³/mol. The van der Waals surface area contributed by atoms with Crippen molar-refractivity contribution in [3.63, 3.8) is 0 Å². The summed E-state index contributed by atoms with van der Waals surface area (Å²) in [7, 11) is 1.01. The van der Waals surface area contributed by atoms with Gasteiger partial charge >= 0.3 is 19.2 Å². The van der Waals surface area contributed by atoms with Crippen LogP contribution in [-0.4, -0.2) is 109 Å². The number of nitrogens with one attached hydrogen (secondary N) is 2. The minimum absolute atomic E-state index is 0.0607. The van der Waals surface area contributed by atoms with Crippen LogP contribution in [0.4, 0.5) is 0 Å². The highest BCUT2D eigenvalue weighted by Gasteiger charge is 2.53. The molecule has 0 unspecified atom stereocenters. The van der Waals surface area contributed by atoms with E-state index in [2.05, 4.69) is 9.97 Å². The molecule has 9 atom stereocenters. The van der Waals surface area contributed by atoms with Gasteiger partial charge < -0.3 is 38.3 Å². The Morgan fingerprint density at radius 3 is 1.97 bits per heavy atom. The number of aryl methyl sites for hydroxylation is 1. The summed E-state index contributed by atoms with van der Waals surface area (Å²) >= 11 is 0. The summed E-state index contributed by atoms with van der Waals surface area (Å²) in [4.78, 5) is 55.8. The third kappa shape index (κ3) is 9.19. The first-order valence-electron chi connectivity index (χ1n) is 20.7. The predicted octanol–water partition coefficient (Wildman–Crippen LogP) is 2.77. The Labute approximate surface area is 371 Å². The van der Waals surface area contributed by atoms with E-state index in [0.29, 0.717) is 28.2 Å². The van der Waals surface area contributed by atoms with E-state index in [1.165, 1.54) is 26.6 Å². The molecule has 2 saturated heterocycles. The zero-order chi connectivity index (χ0) is 45.9. The Morgan fingerprint density at radius 1 is 0.738 bits per heavy atom. The van der Waals surface area contributed by atoms with E-state index in [1.807, 2.05) is 54.6 Å². The molecule has 8 rings (SSSR count). The number of aromatic amines is 2. The van der Waals surface area contributed by atoms with E-state index >= 15 is 4.57 Å². The van der Waals surface area contributed by atoms with Crippen molar-refractivity contribution < 1.29 is 56.4 Å². The largest absolute Gasteiger partial charge is 0.497 e. The first-order valence-corrected chi connectivity index (χ1v) is 22.1. The van der Waals surface area contributed by atoms with E-state index < -0.39 is 91.6 Å². The molecule has 346 valence electrons. The van der Waals surface area contributed by atoms with Gasteiger partial charge in [0.15, 0.2) is 12.5 Å². The van der Waals surface area contributed by atoms with E-state index in [9.17, 15) is 24.3 Å². The standard InChI is InChI=1S/C44H49N4O16P/c1-55-30-16-12-28(13-17-30)44(27-10-6-5-7-11-27,29-14-18-31(56-2)19-15-29)59-24-33-36(38(58-4)41(63-33)47-21-20-34(49)45-42(47)52)64-65(54)60-22-8-9-26-23-48(43(53)46-39(26)51)40-37(57-3)35(50)32(62-40)25-61-65/h5-7,10-21,23,32-33,35-38,40-41,50H,8-9,22,24-25H2,1-4H3,(H,45,49,52)(H,46,51,53)/t32-,33-,35-,36-,37-,38-,40-,41-,65-/m1/s1. The number of nitrogens with zero attached hydrogens (tertiary/aromatic N) is 2. The van der Waals surface area contributed by atoms with Crippen LogP contribution in [0.2, 0.25) is 0 Å². The second-order valence-electron chi connectivity index (χ2n) is 15.4. The molecule has 0 radical (unpaired) electrons. The van der Waals surface area contributed by atoms with Crippen LogP contribution in [0.1, 0.15) is 41.1 Å². The molecule has 2 fully saturated rings. The van der Waals surface area contributed by atoms with Crippen molar-refractivity contribution >= 4 is 7.82 Å². The van der Waals surface area contributed by atoms with Gasteiger partial charge in [0.05, 0.1) is 34.0 Å². The van der Waals surface area contributed by atoms with E-state index in [4.69, 9.17) is 46.7 Å². The molecule has 0 saturated carbocycles. The molecule has 0 aliphatic carbocycles. The number of ether oxygens (including phenoxy) is 7. The fraction of sp³-hybridized carbons (Fsp3) is 0.409. The van der Waals surface area contributed by atoms with Gasteiger partial charge in [-0.2, -0.15) is 0 Å². The SMILES string of the molecule is COc1ccc(C(OC[C@H]2O[C@@H](n3ccc(=O)[nH]c3=O)[C@H](OC)[C@@H]2O[P@]2(=O)OCCCc3cn(c(=O)[nH]c3=O)[C@@H]3O[C@H](CO2)[C@@H](O)[C@H]3OC)(c2ccccc2)c2ccc(OC)cc2)cc1. The number of hydrogen-bond donors (Lipinski definition) is 3. The number of aliphatic hydroxyl groups excluding tert-OH is 1. The summed E-state index contributed by atoms with van der Waals surface area (Å²) < 4.78 is 77.8. The molecular formula is C44H49N4O16P. The molecule has 65 heavy (non-hydrogen) atoms. The lowest BCUT2D eigenvalue weighted by atomic mass is 9.80. The number of rotatable bonds is 13. The second-order valence-corrected chi connectivity index (χ2v) is 17.0. The van der Waals surface area contributed by atoms with Crippen LogP contribution in [0.25, 0.3) is 0 Å². The summed E-state index contributed by atoms with van der Waals surface area (Å²) in [6.07, 6.45) is -7.35. The Kier molecular flexibility index (Phi) is 13.8. The van der Waals surface area contributed by atoms with Crippen LogP contribution >= 0.6 is 7.82 Å². The third-order valence-corrected chi connectivity index (χ3v) is 13.2. The summed E-state index contributed by atoms with van der Waals surface area (Å²) in [6.45, 7) is -1.17. The van der Waals surface area contributed by atoms with Gasteiger partial charge in [0.25, 0.3) is 11.1 Å². The maximum absolute atomic E-state index is 15.1. The average molecular weight is 921 g/mol. The minimum atomic E-state index is -4.77. The maximum atomic E-state index is 15.1. The fourth-order valence-electron chi connectivity index (χ4n) is 8.43. The normalized spacial score (nSPS) is 27.0. The molecule has 5 aromatic rings. The maximum Gasteiger partial charge on any atom is 0.475 e. The Balaban J connectivity index is 1.19. The van der Waals surface area contributed by atoms with Crippen LogP contribution in [0.15, 0.2) is 117 Å². The number of H-pyrrole nitrogens is 2. The molecule has 3 aromatic carbocycles. The highest BCUT2D eigenvalue weighted by atomic mass is 31.2. The van der Waals surface area contributed by atoms with Crippen molar-refractivity contribution in [2.45, 2.75) is 67.5 Å². The lowest BCUT2D eigenvalue weighted by Crippen LogP contribution is -2.42. The molecule has 21 heteroatoms. The number of benzene rings is 3. The van der Waals surface area contributed by atoms with Crippen LogP contribution in [0.5, 0.6) is 11.5 Å². The van der Waals surface area contributed by atoms with Gasteiger partial charge in [-0.1, -0.05) is 54.6 Å². The van der Waals surface area contributed by atoms with Gasteiger partial charge in [-0.25, -0.2) is 14.2 Å². The number of phosphoric acid groups is 1. The van der Waals surface area contributed by atoms with Crippen LogP contribution in [-0.2, 0) is 53.8 Å². The summed E-state index contributed by atoms with van der Waals surface area (Å²) in [5.41, 5.74) is -2.00. The first-order chi connectivity index (χ1) is 31.4. The lowest BCUT2D eigenvalue weighted by Gasteiger charge is -2.37. The zero-order valence-electron chi connectivity index (χ0n) is 35.8. The van der Waals surface area contributed by atoms with Gasteiger partial charge in [0.2, 0.25) is 0 Å². The topological polar surface area (TPSA) is 239 Å². The molecular weight excluding hydrogens is 871 g/mol. The van der Waals surface area contributed by atoms with Gasteiger partial charge in [-0.15, -0.1) is 0 Å². The fourth-order valence-corrected chi connectivity index (χ4v) is 9.87. The quantitative estimate of drug-likeness (QED) is 0.114. The van der Waals surface area contributed by atoms with Crippen molar-refractivity contribution in [2.24, 2.45) is 0 Å². The smallest absolute Gasteiger partial charge is 0.475 e. The van der Waals surface area contributed by atoms with E-state index in [1.54, 1.807) is 38.5 Å². The van der Waals surface area contributed by atoms with Crippen LogP contribution < -0.4 is 32.0 Å². The molecule has 3 aliphatic heterocycles.